The number of ether oxygens (including phenoxy) is 2. The fraction of sp³-hybridized carbons (Fsp3) is 0.429. The molecular formula is C14H16F2N2O3. The molecule has 0 aliphatic heterocycles. The van der Waals surface area contributed by atoms with Crippen molar-refractivity contribution in [2.24, 2.45) is 0 Å². The molecule has 0 fully saturated rings. The van der Waals surface area contributed by atoms with Crippen LogP contribution in [0.1, 0.15) is 30.1 Å². The molecule has 0 saturated carbocycles. The first-order chi connectivity index (χ1) is 10.0. The smallest absolute Gasteiger partial charge is 0.387 e. The molecule has 1 atom stereocenters. The Bertz CT molecular complexity index is 529. The summed E-state index contributed by atoms with van der Waals surface area (Å²) in [6.45, 7) is -1.14. The highest BCUT2D eigenvalue weighted by atomic mass is 19.3. The molecule has 1 aromatic carbocycles. The van der Waals surface area contributed by atoms with E-state index in [1.807, 2.05) is 13.0 Å². The van der Waals surface area contributed by atoms with E-state index in [1.165, 1.54) is 19.2 Å². The summed E-state index contributed by atoms with van der Waals surface area (Å²) in [5.41, 5.74) is 0.114. The molecule has 5 nitrogen and oxygen atoms in total. The van der Waals surface area contributed by atoms with Gasteiger partial charge >= 0.3 is 6.61 Å². The number of methoxy groups -OCH3 is 1. The standard InChI is InChI=1S/C14H16F2N2O3/c1-3-4-10(8-17)18-13(19)9-5-6-11(20-2)12(7-9)21-14(15)16/h5-7,10,14H,3-4H2,1-2H3,(H,18,19)/t10-/m0/s1. The van der Waals surface area contributed by atoms with Gasteiger partial charge in [-0.05, 0) is 24.6 Å². The lowest BCUT2D eigenvalue weighted by atomic mass is 10.1. The third-order valence-corrected chi connectivity index (χ3v) is 2.68. The minimum absolute atomic E-state index is 0.0947. The monoisotopic (exact) mass is 298 g/mol. The van der Waals surface area contributed by atoms with Crippen LogP contribution in [0.3, 0.4) is 0 Å². The number of nitrogens with one attached hydrogen (secondary N) is 1. The van der Waals surface area contributed by atoms with Crippen LogP contribution in [0.5, 0.6) is 11.5 Å². The number of alkyl halides is 2. The Morgan fingerprint density at radius 3 is 2.67 bits per heavy atom. The van der Waals surface area contributed by atoms with E-state index >= 15 is 0 Å². The van der Waals surface area contributed by atoms with Crippen molar-refractivity contribution in [3.05, 3.63) is 23.8 Å². The van der Waals surface area contributed by atoms with E-state index in [2.05, 4.69) is 10.1 Å². The van der Waals surface area contributed by atoms with Crippen LogP contribution in [0, 0.1) is 11.3 Å². The van der Waals surface area contributed by atoms with E-state index in [0.717, 1.165) is 12.5 Å². The lowest BCUT2D eigenvalue weighted by Crippen LogP contribution is -2.33. The van der Waals surface area contributed by atoms with E-state index in [1.54, 1.807) is 0 Å². The van der Waals surface area contributed by atoms with Crippen LogP contribution in [0.25, 0.3) is 0 Å². The van der Waals surface area contributed by atoms with Crippen molar-refractivity contribution in [3.8, 4) is 17.6 Å². The first-order valence-electron chi connectivity index (χ1n) is 6.35. The summed E-state index contributed by atoms with van der Waals surface area (Å²) in [6, 6.07) is 5.26. The van der Waals surface area contributed by atoms with Crippen LogP contribution in [-0.4, -0.2) is 25.7 Å². The van der Waals surface area contributed by atoms with Gasteiger partial charge in [-0.25, -0.2) is 0 Å². The van der Waals surface area contributed by atoms with Gasteiger partial charge in [-0.2, -0.15) is 14.0 Å². The van der Waals surface area contributed by atoms with Crippen molar-refractivity contribution in [2.75, 3.05) is 7.11 Å². The number of hydrogen-bond acceptors (Lipinski definition) is 4. The molecule has 0 spiro atoms. The summed E-state index contributed by atoms with van der Waals surface area (Å²) in [4.78, 5) is 12.0. The molecule has 0 unspecified atom stereocenters. The van der Waals surface area contributed by atoms with Crippen molar-refractivity contribution in [1.82, 2.24) is 5.32 Å². The number of benzene rings is 1. The number of amides is 1. The minimum Gasteiger partial charge on any atom is -0.493 e. The number of carbonyl (C=O) groups is 1. The molecule has 1 aromatic rings. The lowest BCUT2D eigenvalue weighted by Gasteiger charge is -2.13. The Labute approximate surface area is 121 Å². The molecule has 114 valence electrons. The quantitative estimate of drug-likeness (QED) is 0.840. The van der Waals surface area contributed by atoms with E-state index < -0.39 is 18.6 Å². The van der Waals surface area contributed by atoms with Gasteiger partial charge in [0, 0.05) is 5.56 Å². The Morgan fingerprint density at radius 1 is 1.43 bits per heavy atom. The summed E-state index contributed by atoms with van der Waals surface area (Å²) in [5.74, 6) is -0.668. The maximum Gasteiger partial charge on any atom is 0.387 e. The van der Waals surface area contributed by atoms with E-state index in [-0.39, 0.29) is 17.1 Å². The second kappa shape index (κ2) is 8.04. The van der Waals surface area contributed by atoms with Gasteiger partial charge in [-0.15, -0.1) is 0 Å². The molecule has 0 aromatic heterocycles. The van der Waals surface area contributed by atoms with Crippen LogP contribution in [0.15, 0.2) is 18.2 Å². The Balaban J connectivity index is 2.92. The van der Waals surface area contributed by atoms with Crippen molar-refractivity contribution < 1.29 is 23.0 Å². The van der Waals surface area contributed by atoms with Gasteiger partial charge in [0.05, 0.1) is 13.2 Å². The van der Waals surface area contributed by atoms with Gasteiger partial charge in [-0.1, -0.05) is 13.3 Å². The van der Waals surface area contributed by atoms with Gasteiger partial charge in [0.25, 0.3) is 5.91 Å². The first kappa shape index (κ1) is 16.7. The summed E-state index contributed by atoms with van der Waals surface area (Å²) in [7, 11) is 1.31. The second-order valence-electron chi connectivity index (χ2n) is 4.19. The van der Waals surface area contributed by atoms with Gasteiger partial charge in [-0.3, -0.25) is 4.79 Å². The van der Waals surface area contributed by atoms with Crippen molar-refractivity contribution in [2.45, 2.75) is 32.4 Å². The summed E-state index contributed by atoms with van der Waals surface area (Å²) in [6.07, 6.45) is 1.25. The first-order valence-corrected chi connectivity index (χ1v) is 6.35. The van der Waals surface area contributed by atoms with Crippen molar-refractivity contribution in [3.63, 3.8) is 0 Å². The number of hydrogen-bond donors (Lipinski definition) is 1. The zero-order chi connectivity index (χ0) is 15.8. The number of nitriles is 1. The third kappa shape index (κ3) is 4.91. The Hall–Kier alpha value is -2.36. The SMILES string of the molecule is CCC[C@@H](C#N)NC(=O)c1ccc(OC)c(OC(F)F)c1. The second-order valence-corrected chi connectivity index (χ2v) is 4.19. The van der Waals surface area contributed by atoms with E-state index in [9.17, 15) is 13.6 Å². The Morgan fingerprint density at radius 2 is 2.14 bits per heavy atom. The minimum atomic E-state index is -3.02. The molecule has 7 heteroatoms. The fourth-order valence-electron chi connectivity index (χ4n) is 1.71. The number of halogens is 2. The van der Waals surface area contributed by atoms with Crippen LogP contribution in [0.2, 0.25) is 0 Å². The molecule has 21 heavy (non-hydrogen) atoms. The molecule has 1 N–H and O–H groups in total. The predicted molar refractivity (Wildman–Crippen MR) is 71.4 cm³/mol. The van der Waals surface area contributed by atoms with Crippen molar-refractivity contribution >= 4 is 5.91 Å². The molecule has 0 aliphatic carbocycles. The molecule has 0 aliphatic rings. The maximum absolute atomic E-state index is 12.3. The average Bonchev–Trinajstić information content (AvgIpc) is 2.45. The zero-order valence-electron chi connectivity index (χ0n) is 11.7. The van der Waals surface area contributed by atoms with Gasteiger partial charge in [0.2, 0.25) is 0 Å². The topological polar surface area (TPSA) is 71.4 Å². The largest absolute Gasteiger partial charge is 0.493 e. The Kier molecular flexibility index (Phi) is 6.40. The lowest BCUT2D eigenvalue weighted by molar-refractivity contribution is -0.0512. The number of rotatable bonds is 7. The summed E-state index contributed by atoms with van der Waals surface area (Å²) in [5, 5.41) is 11.4. The number of carbonyl (C=O) groups excluding carboxylic acids is 1. The molecule has 0 bridgehead atoms. The fourth-order valence-corrected chi connectivity index (χ4v) is 1.71. The average molecular weight is 298 g/mol. The maximum atomic E-state index is 12.3. The third-order valence-electron chi connectivity index (χ3n) is 2.68. The molecule has 1 amide bonds. The van der Waals surface area contributed by atoms with E-state index in [0.29, 0.717) is 6.42 Å². The highest BCUT2D eigenvalue weighted by molar-refractivity contribution is 5.95. The summed E-state index contributed by atoms with van der Waals surface area (Å²) < 4.78 is 33.8. The van der Waals surface area contributed by atoms with Crippen molar-refractivity contribution in [1.29, 1.82) is 5.26 Å². The normalized spacial score (nSPS) is 11.6. The molecule has 0 radical (unpaired) electrons. The molecule has 1 rings (SSSR count). The van der Waals surface area contributed by atoms with Crippen LogP contribution < -0.4 is 14.8 Å². The van der Waals surface area contributed by atoms with Gasteiger partial charge in [0.1, 0.15) is 6.04 Å². The molecule has 0 saturated heterocycles. The van der Waals surface area contributed by atoms with Crippen LogP contribution in [0.4, 0.5) is 8.78 Å². The molecule has 0 heterocycles. The molecular weight excluding hydrogens is 282 g/mol. The highest BCUT2D eigenvalue weighted by Crippen LogP contribution is 2.29. The predicted octanol–water partition coefficient (Wildman–Crippen LogP) is 2.72. The summed E-state index contributed by atoms with van der Waals surface area (Å²) >= 11 is 0. The zero-order valence-corrected chi connectivity index (χ0v) is 11.7. The van der Waals surface area contributed by atoms with E-state index in [4.69, 9.17) is 10.00 Å². The van der Waals surface area contributed by atoms with Gasteiger partial charge < -0.3 is 14.8 Å². The van der Waals surface area contributed by atoms with Gasteiger partial charge in [0.15, 0.2) is 11.5 Å². The highest BCUT2D eigenvalue weighted by Gasteiger charge is 2.16. The van der Waals surface area contributed by atoms with Crippen LogP contribution >= 0.6 is 0 Å². The van der Waals surface area contributed by atoms with Crippen LogP contribution in [-0.2, 0) is 0 Å². The number of nitrogens with zero attached hydrogens (tertiary/aromatic N) is 1.